The van der Waals surface area contributed by atoms with Crippen molar-refractivity contribution in [1.29, 1.82) is 0 Å². The van der Waals surface area contributed by atoms with E-state index in [1.165, 1.54) is 44.5 Å². The highest BCUT2D eigenvalue weighted by Gasteiger charge is 2.43. The summed E-state index contributed by atoms with van der Waals surface area (Å²) in [4.78, 5) is 2.64. The summed E-state index contributed by atoms with van der Waals surface area (Å²) in [5.74, 6) is 1.59. The summed E-state index contributed by atoms with van der Waals surface area (Å²) < 4.78 is 0. The first kappa shape index (κ1) is 15.6. The Morgan fingerprint density at radius 3 is 2.52 bits per heavy atom. The van der Waals surface area contributed by atoms with E-state index < -0.39 is 0 Å². The molecule has 4 N–H and O–H groups in total. The van der Waals surface area contributed by atoms with E-state index in [9.17, 15) is 0 Å². The monoisotopic (exact) mass is 314 g/mol. The van der Waals surface area contributed by atoms with Crippen LogP contribution in [0.3, 0.4) is 0 Å². The fourth-order valence-electron chi connectivity index (χ4n) is 4.33. The van der Waals surface area contributed by atoms with Crippen LogP contribution in [0.25, 0.3) is 0 Å². The van der Waals surface area contributed by atoms with Gasteiger partial charge in [0, 0.05) is 31.6 Å². The van der Waals surface area contributed by atoms with Gasteiger partial charge in [-0.3, -0.25) is 4.90 Å². The Labute approximate surface area is 139 Å². The average molecular weight is 314 g/mol. The lowest BCUT2D eigenvalue weighted by Gasteiger charge is -2.52. The van der Waals surface area contributed by atoms with Crippen LogP contribution in [-0.4, -0.2) is 55.7 Å². The van der Waals surface area contributed by atoms with Crippen LogP contribution in [0.4, 0.5) is 0 Å². The third kappa shape index (κ3) is 3.18. The molecule has 0 spiro atoms. The SMILES string of the molecule is NCC1(N2CCC(CNC3CC3c3ccccc3)CC2)CNC1. The Hall–Kier alpha value is -0.940. The predicted molar refractivity (Wildman–Crippen MR) is 94.5 cm³/mol. The number of nitrogens with zero attached hydrogens (tertiary/aromatic N) is 1. The smallest absolute Gasteiger partial charge is 0.0581 e. The molecule has 2 heterocycles. The van der Waals surface area contributed by atoms with Gasteiger partial charge in [-0.25, -0.2) is 0 Å². The van der Waals surface area contributed by atoms with Crippen LogP contribution in [0.1, 0.15) is 30.7 Å². The molecule has 3 aliphatic rings. The molecule has 4 heteroatoms. The summed E-state index contributed by atoms with van der Waals surface area (Å²) in [6.45, 7) is 6.58. The van der Waals surface area contributed by atoms with Crippen molar-refractivity contribution in [2.75, 3.05) is 39.3 Å². The lowest BCUT2D eigenvalue weighted by Crippen LogP contribution is -2.73. The summed E-state index contributed by atoms with van der Waals surface area (Å²) in [7, 11) is 0. The second-order valence-corrected chi connectivity index (χ2v) is 7.73. The van der Waals surface area contributed by atoms with Crippen LogP contribution < -0.4 is 16.4 Å². The molecular weight excluding hydrogens is 284 g/mol. The van der Waals surface area contributed by atoms with Gasteiger partial charge in [-0.15, -0.1) is 0 Å². The standard InChI is InChI=1S/C19H30N4/c20-12-19(13-21-14-19)23-8-6-15(7-9-23)11-22-18-10-17(18)16-4-2-1-3-5-16/h1-5,15,17-18,21-22H,6-14,20H2. The molecule has 2 saturated heterocycles. The third-order valence-corrected chi connectivity index (χ3v) is 6.26. The zero-order valence-corrected chi connectivity index (χ0v) is 14.0. The number of benzene rings is 1. The number of hydrogen-bond acceptors (Lipinski definition) is 4. The molecule has 4 rings (SSSR count). The van der Waals surface area contributed by atoms with Gasteiger partial charge in [0.1, 0.15) is 0 Å². The Morgan fingerprint density at radius 1 is 1.17 bits per heavy atom. The number of nitrogens with two attached hydrogens (primary N) is 1. The largest absolute Gasteiger partial charge is 0.329 e. The zero-order chi connectivity index (χ0) is 15.7. The molecule has 4 nitrogen and oxygen atoms in total. The Morgan fingerprint density at radius 2 is 1.91 bits per heavy atom. The first-order chi connectivity index (χ1) is 11.3. The van der Waals surface area contributed by atoms with Crippen molar-refractivity contribution >= 4 is 0 Å². The quantitative estimate of drug-likeness (QED) is 0.737. The summed E-state index contributed by atoms with van der Waals surface area (Å²) in [5, 5.41) is 7.21. The maximum atomic E-state index is 6.02. The number of hydrogen-bond donors (Lipinski definition) is 3. The molecule has 3 fully saturated rings. The molecule has 0 aromatic heterocycles. The highest BCUT2D eigenvalue weighted by atomic mass is 15.3. The molecule has 2 aliphatic heterocycles. The van der Waals surface area contributed by atoms with E-state index in [4.69, 9.17) is 5.73 Å². The Kier molecular flexibility index (Phi) is 4.41. The van der Waals surface area contributed by atoms with Crippen LogP contribution in [-0.2, 0) is 0 Å². The van der Waals surface area contributed by atoms with Crippen molar-refractivity contribution in [3.63, 3.8) is 0 Å². The minimum absolute atomic E-state index is 0.271. The minimum Gasteiger partial charge on any atom is -0.329 e. The van der Waals surface area contributed by atoms with E-state index in [0.717, 1.165) is 31.5 Å². The minimum atomic E-state index is 0.271. The van der Waals surface area contributed by atoms with Crippen molar-refractivity contribution in [3.05, 3.63) is 35.9 Å². The van der Waals surface area contributed by atoms with E-state index in [-0.39, 0.29) is 5.54 Å². The Balaban J connectivity index is 1.19. The first-order valence-corrected chi connectivity index (χ1v) is 9.25. The summed E-state index contributed by atoms with van der Waals surface area (Å²) >= 11 is 0. The van der Waals surface area contributed by atoms with Gasteiger partial charge >= 0.3 is 0 Å². The summed E-state index contributed by atoms with van der Waals surface area (Å²) in [6, 6.07) is 11.7. The van der Waals surface area contributed by atoms with Gasteiger partial charge in [0.2, 0.25) is 0 Å². The summed E-state index contributed by atoms with van der Waals surface area (Å²) in [6.07, 6.45) is 3.94. The lowest BCUT2D eigenvalue weighted by atomic mass is 9.86. The van der Waals surface area contributed by atoms with E-state index in [1.807, 2.05) is 0 Å². The third-order valence-electron chi connectivity index (χ3n) is 6.26. The van der Waals surface area contributed by atoms with E-state index in [2.05, 4.69) is 45.9 Å². The first-order valence-electron chi connectivity index (χ1n) is 9.25. The van der Waals surface area contributed by atoms with Crippen LogP contribution in [0.2, 0.25) is 0 Å². The maximum Gasteiger partial charge on any atom is 0.0581 e. The average Bonchev–Trinajstić information content (AvgIpc) is 3.34. The Bertz CT molecular complexity index is 500. The fraction of sp³-hybridized carbons (Fsp3) is 0.684. The van der Waals surface area contributed by atoms with Crippen molar-refractivity contribution in [3.8, 4) is 0 Å². The second kappa shape index (κ2) is 6.52. The lowest BCUT2D eigenvalue weighted by molar-refractivity contribution is 0.0164. The molecule has 2 unspecified atom stereocenters. The van der Waals surface area contributed by atoms with Crippen molar-refractivity contribution in [1.82, 2.24) is 15.5 Å². The molecule has 0 bridgehead atoms. The molecular formula is C19H30N4. The van der Waals surface area contributed by atoms with E-state index >= 15 is 0 Å². The van der Waals surface area contributed by atoms with Crippen molar-refractivity contribution < 1.29 is 0 Å². The second-order valence-electron chi connectivity index (χ2n) is 7.73. The van der Waals surface area contributed by atoms with Gasteiger partial charge in [0.25, 0.3) is 0 Å². The summed E-state index contributed by atoms with van der Waals surface area (Å²) in [5.41, 5.74) is 7.79. The van der Waals surface area contributed by atoms with Crippen LogP contribution >= 0.6 is 0 Å². The molecule has 2 atom stereocenters. The van der Waals surface area contributed by atoms with Gasteiger partial charge in [0.05, 0.1) is 5.54 Å². The number of piperidine rings is 1. The van der Waals surface area contributed by atoms with Crippen molar-refractivity contribution in [2.24, 2.45) is 11.7 Å². The van der Waals surface area contributed by atoms with Crippen LogP contribution in [0, 0.1) is 5.92 Å². The molecule has 1 aromatic rings. The highest BCUT2D eigenvalue weighted by Crippen LogP contribution is 2.40. The van der Waals surface area contributed by atoms with Gasteiger partial charge in [-0.2, -0.15) is 0 Å². The van der Waals surface area contributed by atoms with Gasteiger partial charge in [-0.1, -0.05) is 30.3 Å². The van der Waals surface area contributed by atoms with E-state index in [1.54, 1.807) is 0 Å². The normalized spacial score (nSPS) is 30.8. The molecule has 1 aromatic carbocycles. The number of rotatable bonds is 6. The fourth-order valence-corrected chi connectivity index (χ4v) is 4.33. The molecule has 23 heavy (non-hydrogen) atoms. The van der Waals surface area contributed by atoms with Crippen molar-refractivity contribution in [2.45, 2.75) is 36.8 Å². The molecule has 1 saturated carbocycles. The van der Waals surface area contributed by atoms with Gasteiger partial charge in [0.15, 0.2) is 0 Å². The predicted octanol–water partition coefficient (Wildman–Crippen LogP) is 1.14. The van der Waals surface area contributed by atoms with Gasteiger partial charge in [-0.05, 0) is 50.4 Å². The number of likely N-dealkylation sites (tertiary alicyclic amines) is 1. The molecule has 126 valence electrons. The van der Waals surface area contributed by atoms with E-state index in [0.29, 0.717) is 6.04 Å². The maximum absolute atomic E-state index is 6.02. The van der Waals surface area contributed by atoms with Gasteiger partial charge < -0.3 is 16.4 Å². The highest BCUT2D eigenvalue weighted by molar-refractivity contribution is 5.27. The van der Waals surface area contributed by atoms with Crippen LogP contribution in [0.5, 0.6) is 0 Å². The molecule has 0 amide bonds. The molecule has 1 aliphatic carbocycles. The number of nitrogens with one attached hydrogen (secondary N) is 2. The topological polar surface area (TPSA) is 53.3 Å². The zero-order valence-electron chi connectivity index (χ0n) is 14.0. The molecule has 0 radical (unpaired) electrons. The van der Waals surface area contributed by atoms with Crippen LogP contribution in [0.15, 0.2) is 30.3 Å².